The van der Waals surface area contributed by atoms with E-state index in [0.717, 1.165) is 53.7 Å². The van der Waals surface area contributed by atoms with E-state index in [0.29, 0.717) is 0 Å². The fourth-order valence-electron chi connectivity index (χ4n) is 4.41. The Hall–Kier alpha value is -3.68. The molecule has 0 radical (unpaired) electrons. The summed E-state index contributed by atoms with van der Waals surface area (Å²) in [5.74, 6) is 5.45. The molecule has 3 aromatic heterocycles. The molecule has 0 spiro atoms. The van der Waals surface area contributed by atoms with E-state index in [1.54, 1.807) is 11.3 Å². The number of hydrogen-bond acceptors (Lipinski definition) is 6. The fourth-order valence-corrected chi connectivity index (χ4v) is 5.38. The average molecular weight is 506 g/mol. The highest BCUT2D eigenvalue weighted by molar-refractivity contribution is 7.18. The standard InChI is InChI=1S/C31H31N5S/c1-33-12-10-22-4-2-6-24(14-22)26-16-28(20-34-18-26)30-8-9-31(37-30)29-17-27(19-35-21-29)25-7-3-5-23(15-25)11-13-36-32/h2-9,14-21,33,36H,10-13,32H2,1H3. The first kappa shape index (κ1) is 25.0. The van der Waals surface area contributed by atoms with Gasteiger partial charge in [0.1, 0.15) is 0 Å². The van der Waals surface area contributed by atoms with Gasteiger partial charge in [-0.2, -0.15) is 0 Å². The molecule has 0 atom stereocenters. The maximum Gasteiger partial charge on any atom is 0.0365 e. The van der Waals surface area contributed by atoms with Crippen molar-refractivity contribution < 1.29 is 0 Å². The first-order valence-corrected chi connectivity index (χ1v) is 13.3. The van der Waals surface area contributed by atoms with Crippen molar-refractivity contribution in [3.05, 3.63) is 109 Å². The summed E-state index contributed by atoms with van der Waals surface area (Å²) in [6.45, 7) is 1.71. The number of aromatic nitrogens is 2. The third-order valence-electron chi connectivity index (χ3n) is 6.39. The Morgan fingerprint density at radius 2 is 1.14 bits per heavy atom. The third kappa shape index (κ3) is 6.18. The van der Waals surface area contributed by atoms with E-state index in [4.69, 9.17) is 5.84 Å². The molecule has 6 heteroatoms. The van der Waals surface area contributed by atoms with Gasteiger partial charge in [0.15, 0.2) is 0 Å². The summed E-state index contributed by atoms with van der Waals surface area (Å²) in [5.41, 5.74) is 12.1. The molecule has 0 fully saturated rings. The first-order chi connectivity index (χ1) is 18.2. The average Bonchev–Trinajstić information content (AvgIpc) is 3.46. The lowest BCUT2D eigenvalue weighted by Crippen LogP contribution is -2.24. The molecule has 37 heavy (non-hydrogen) atoms. The molecule has 5 nitrogen and oxygen atoms in total. The number of rotatable bonds is 10. The SMILES string of the molecule is CNCCc1cccc(-c2cncc(-c3ccc(-c4cncc(-c5cccc(CCNN)c5)c4)s3)c2)c1. The highest BCUT2D eigenvalue weighted by atomic mass is 32.1. The topological polar surface area (TPSA) is 75.9 Å². The third-order valence-corrected chi connectivity index (χ3v) is 7.58. The van der Waals surface area contributed by atoms with Crippen LogP contribution in [0.5, 0.6) is 0 Å². The van der Waals surface area contributed by atoms with Gasteiger partial charge < -0.3 is 5.32 Å². The molecule has 2 aromatic carbocycles. The quantitative estimate of drug-likeness (QED) is 0.161. The van der Waals surface area contributed by atoms with E-state index < -0.39 is 0 Å². The Morgan fingerprint density at radius 1 is 0.622 bits per heavy atom. The number of benzene rings is 2. The molecule has 0 aliphatic rings. The van der Waals surface area contributed by atoms with E-state index >= 15 is 0 Å². The molecule has 4 N–H and O–H groups in total. The van der Waals surface area contributed by atoms with Crippen LogP contribution in [0.2, 0.25) is 0 Å². The van der Waals surface area contributed by atoms with Crippen LogP contribution >= 0.6 is 11.3 Å². The predicted molar refractivity (Wildman–Crippen MR) is 155 cm³/mol. The number of likely N-dealkylation sites (N-methyl/N-ethyl adjacent to an activating group) is 1. The van der Waals surface area contributed by atoms with Crippen LogP contribution in [-0.2, 0) is 12.8 Å². The molecule has 186 valence electrons. The minimum atomic E-state index is 0.748. The summed E-state index contributed by atoms with van der Waals surface area (Å²) in [6, 6.07) is 26.1. The molecule has 0 amide bonds. The van der Waals surface area contributed by atoms with Crippen molar-refractivity contribution in [3.63, 3.8) is 0 Å². The maximum atomic E-state index is 5.45. The van der Waals surface area contributed by atoms with Crippen LogP contribution in [0.3, 0.4) is 0 Å². The number of pyridine rings is 2. The highest BCUT2D eigenvalue weighted by Gasteiger charge is 2.10. The maximum absolute atomic E-state index is 5.45. The lowest BCUT2D eigenvalue weighted by molar-refractivity contribution is 0.728. The second-order valence-electron chi connectivity index (χ2n) is 9.05. The van der Waals surface area contributed by atoms with Gasteiger partial charge in [0.2, 0.25) is 0 Å². The molecule has 0 saturated heterocycles. The Labute approximate surface area is 222 Å². The van der Waals surface area contributed by atoms with Crippen LogP contribution in [-0.4, -0.2) is 30.1 Å². The van der Waals surface area contributed by atoms with Crippen molar-refractivity contribution in [2.24, 2.45) is 5.84 Å². The van der Waals surface area contributed by atoms with E-state index in [-0.39, 0.29) is 0 Å². The largest absolute Gasteiger partial charge is 0.319 e. The summed E-state index contributed by atoms with van der Waals surface area (Å²) >= 11 is 1.76. The van der Waals surface area contributed by atoms with Crippen molar-refractivity contribution in [3.8, 4) is 43.1 Å². The summed E-state index contributed by atoms with van der Waals surface area (Å²) in [7, 11) is 1.99. The van der Waals surface area contributed by atoms with E-state index in [9.17, 15) is 0 Å². The monoisotopic (exact) mass is 505 g/mol. The van der Waals surface area contributed by atoms with Crippen LogP contribution < -0.4 is 16.6 Å². The number of thiophene rings is 1. The predicted octanol–water partition coefficient (Wildman–Crippen LogP) is 5.97. The first-order valence-electron chi connectivity index (χ1n) is 12.5. The molecule has 3 heterocycles. The Balaban J connectivity index is 1.39. The molecule has 0 aliphatic carbocycles. The number of hydrazine groups is 1. The van der Waals surface area contributed by atoms with Gasteiger partial charge in [0.25, 0.3) is 0 Å². The minimum Gasteiger partial charge on any atom is -0.319 e. The lowest BCUT2D eigenvalue weighted by atomic mass is 10.0. The zero-order valence-corrected chi connectivity index (χ0v) is 21.8. The van der Waals surface area contributed by atoms with Crippen LogP contribution in [0, 0.1) is 0 Å². The van der Waals surface area contributed by atoms with Gasteiger partial charge in [0, 0.05) is 63.3 Å². The Morgan fingerprint density at radius 3 is 1.65 bits per heavy atom. The summed E-state index contributed by atoms with van der Waals surface area (Å²) in [5, 5.41) is 3.22. The molecule has 0 unspecified atom stereocenters. The molecule has 0 saturated carbocycles. The number of nitrogens with one attached hydrogen (secondary N) is 2. The summed E-state index contributed by atoms with van der Waals surface area (Å²) in [4.78, 5) is 11.5. The van der Waals surface area contributed by atoms with Crippen LogP contribution in [0.25, 0.3) is 43.1 Å². The van der Waals surface area contributed by atoms with Crippen LogP contribution in [0.4, 0.5) is 0 Å². The highest BCUT2D eigenvalue weighted by Crippen LogP contribution is 2.36. The Bertz CT molecular complexity index is 1370. The Kier molecular flexibility index (Phi) is 8.13. The normalized spacial score (nSPS) is 11.1. The lowest BCUT2D eigenvalue weighted by Gasteiger charge is -2.07. The fraction of sp³-hybridized carbons (Fsp3) is 0.161. The summed E-state index contributed by atoms with van der Waals surface area (Å²) in [6.07, 6.45) is 9.65. The smallest absolute Gasteiger partial charge is 0.0365 e. The van der Waals surface area contributed by atoms with Crippen molar-refractivity contribution in [2.75, 3.05) is 20.1 Å². The second kappa shape index (κ2) is 12.0. The van der Waals surface area contributed by atoms with Crippen LogP contribution in [0.15, 0.2) is 97.6 Å². The van der Waals surface area contributed by atoms with Gasteiger partial charge in [-0.05, 0) is 73.0 Å². The second-order valence-corrected chi connectivity index (χ2v) is 10.1. The van der Waals surface area contributed by atoms with Gasteiger partial charge >= 0.3 is 0 Å². The van der Waals surface area contributed by atoms with Gasteiger partial charge in [0.05, 0.1) is 0 Å². The molecular formula is C31H31N5S. The van der Waals surface area contributed by atoms with Crippen molar-refractivity contribution in [2.45, 2.75) is 12.8 Å². The van der Waals surface area contributed by atoms with E-state index in [1.165, 1.54) is 26.4 Å². The number of nitrogens with zero attached hydrogens (tertiary/aromatic N) is 2. The molecule has 5 aromatic rings. The van der Waals surface area contributed by atoms with Crippen molar-refractivity contribution >= 4 is 11.3 Å². The van der Waals surface area contributed by atoms with Gasteiger partial charge in [-0.1, -0.05) is 48.5 Å². The van der Waals surface area contributed by atoms with Gasteiger partial charge in [-0.3, -0.25) is 21.2 Å². The molecule has 0 bridgehead atoms. The van der Waals surface area contributed by atoms with Crippen LogP contribution in [0.1, 0.15) is 11.1 Å². The number of nitrogens with two attached hydrogens (primary N) is 1. The van der Waals surface area contributed by atoms with Crippen molar-refractivity contribution in [1.29, 1.82) is 0 Å². The molecule has 0 aliphatic heterocycles. The van der Waals surface area contributed by atoms with E-state index in [2.05, 4.69) is 93.5 Å². The minimum absolute atomic E-state index is 0.748. The van der Waals surface area contributed by atoms with Gasteiger partial charge in [-0.25, -0.2) is 0 Å². The summed E-state index contributed by atoms with van der Waals surface area (Å²) < 4.78 is 0. The molecule has 5 rings (SSSR count). The zero-order valence-electron chi connectivity index (χ0n) is 20.9. The van der Waals surface area contributed by atoms with Gasteiger partial charge in [-0.15, -0.1) is 11.3 Å². The number of hydrogen-bond donors (Lipinski definition) is 3. The molecular weight excluding hydrogens is 474 g/mol. The van der Waals surface area contributed by atoms with E-state index in [1.807, 2.05) is 31.8 Å². The van der Waals surface area contributed by atoms with Crippen molar-refractivity contribution in [1.82, 2.24) is 20.7 Å². The zero-order chi connectivity index (χ0) is 25.5.